The second kappa shape index (κ2) is 11.5. The van der Waals surface area contributed by atoms with Crippen molar-refractivity contribution in [3.05, 3.63) is 11.6 Å². The van der Waals surface area contributed by atoms with E-state index in [0.29, 0.717) is 6.54 Å². The van der Waals surface area contributed by atoms with E-state index in [1.165, 1.54) is 32.1 Å². The fourth-order valence-corrected chi connectivity index (χ4v) is 4.27. The lowest BCUT2D eigenvalue weighted by Gasteiger charge is -2.41. The van der Waals surface area contributed by atoms with Gasteiger partial charge in [0.1, 0.15) is 12.4 Å². The van der Waals surface area contributed by atoms with Gasteiger partial charge in [0.05, 0.1) is 0 Å². The van der Waals surface area contributed by atoms with Crippen LogP contribution in [-0.2, 0) is 18.3 Å². The van der Waals surface area contributed by atoms with E-state index in [2.05, 4.69) is 25.3 Å². The molecule has 1 aromatic rings. The Labute approximate surface area is 175 Å². The molecule has 164 valence electrons. The van der Waals surface area contributed by atoms with Crippen molar-refractivity contribution < 1.29 is 4.74 Å². The molecule has 1 saturated heterocycles. The van der Waals surface area contributed by atoms with Gasteiger partial charge in [0, 0.05) is 59.0 Å². The van der Waals surface area contributed by atoms with E-state index in [9.17, 15) is 0 Å². The van der Waals surface area contributed by atoms with E-state index in [1.807, 2.05) is 25.5 Å². The van der Waals surface area contributed by atoms with Gasteiger partial charge in [-0.25, -0.2) is 4.99 Å². The maximum Gasteiger partial charge on any atom is 0.194 e. The normalized spacial score (nSPS) is 19.7. The largest absolute Gasteiger partial charge is 0.382 e. The molecule has 0 amide bonds. The molecule has 0 unspecified atom stereocenters. The van der Waals surface area contributed by atoms with E-state index in [0.717, 1.165) is 76.0 Å². The van der Waals surface area contributed by atoms with Gasteiger partial charge in [-0.1, -0.05) is 19.3 Å². The number of hydrogen-bond donors (Lipinski definition) is 1. The molecule has 2 fully saturated rings. The minimum absolute atomic E-state index is 0.550. The number of hydrogen-bond acceptors (Lipinski definition) is 5. The van der Waals surface area contributed by atoms with Gasteiger partial charge < -0.3 is 19.5 Å². The van der Waals surface area contributed by atoms with Crippen molar-refractivity contribution >= 4 is 5.96 Å². The lowest BCUT2D eigenvalue weighted by molar-refractivity contribution is 0.105. The molecule has 1 aromatic heterocycles. The highest BCUT2D eigenvalue weighted by atomic mass is 16.5. The molecule has 2 aliphatic rings. The average Bonchev–Trinajstić information content (AvgIpc) is 3.08. The lowest BCUT2D eigenvalue weighted by atomic mass is 9.94. The van der Waals surface area contributed by atoms with E-state index >= 15 is 0 Å². The summed E-state index contributed by atoms with van der Waals surface area (Å²) >= 11 is 0. The first-order chi connectivity index (χ1) is 14.2. The van der Waals surface area contributed by atoms with E-state index in [-0.39, 0.29) is 0 Å². The zero-order valence-electron chi connectivity index (χ0n) is 18.6. The van der Waals surface area contributed by atoms with Crippen LogP contribution >= 0.6 is 0 Å². The van der Waals surface area contributed by atoms with Crippen molar-refractivity contribution in [2.24, 2.45) is 12.0 Å². The van der Waals surface area contributed by atoms with Crippen LogP contribution in [0.15, 0.2) is 4.99 Å². The van der Waals surface area contributed by atoms with Crippen LogP contribution in [0.1, 0.15) is 57.1 Å². The summed E-state index contributed by atoms with van der Waals surface area (Å²) < 4.78 is 7.48. The summed E-state index contributed by atoms with van der Waals surface area (Å²) in [5.74, 6) is 2.81. The highest BCUT2D eigenvalue weighted by molar-refractivity contribution is 5.80. The van der Waals surface area contributed by atoms with Crippen molar-refractivity contribution in [3.63, 3.8) is 0 Å². The Morgan fingerprint density at radius 2 is 1.90 bits per heavy atom. The number of aliphatic imine (C=N–C) groups is 1. The Morgan fingerprint density at radius 3 is 2.55 bits per heavy atom. The number of piperazine rings is 1. The van der Waals surface area contributed by atoms with E-state index in [4.69, 9.17) is 9.73 Å². The van der Waals surface area contributed by atoms with Crippen molar-refractivity contribution in [1.29, 1.82) is 0 Å². The first-order valence-electron chi connectivity index (χ1n) is 11.4. The number of guanidine groups is 1. The summed E-state index contributed by atoms with van der Waals surface area (Å²) in [6, 6.07) is 0.798. The maximum absolute atomic E-state index is 5.47. The number of aryl methyl sites for hydroxylation is 1. The molecule has 0 bridgehead atoms. The van der Waals surface area contributed by atoms with Gasteiger partial charge in [-0.3, -0.25) is 4.90 Å². The SMILES string of the molecule is CCOCCCNC(=NCc1nnc(C)n1C)N1CCN(C2CCCCC2)CC1. The van der Waals surface area contributed by atoms with Crippen molar-refractivity contribution in [2.75, 3.05) is 45.9 Å². The molecule has 1 N–H and O–H groups in total. The molecule has 0 aromatic carbocycles. The summed E-state index contributed by atoms with van der Waals surface area (Å²) in [5, 5.41) is 12.0. The lowest BCUT2D eigenvalue weighted by Crippen LogP contribution is -2.55. The van der Waals surface area contributed by atoms with Crippen LogP contribution in [0.4, 0.5) is 0 Å². The van der Waals surface area contributed by atoms with Gasteiger partial charge in [0.15, 0.2) is 11.8 Å². The molecule has 29 heavy (non-hydrogen) atoms. The zero-order valence-corrected chi connectivity index (χ0v) is 18.6. The van der Waals surface area contributed by atoms with Gasteiger partial charge in [0.25, 0.3) is 0 Å². The standard InChI is InChI=1S/C21H39N7O/c1-4-29-16-8-11-22-21(23-17-20-25-24-18(2)26(20)3)28-14-12-27(13-15-28)19-9-6-5-7-10-19/h19H,4-17H2,1-3H3,(H,22,23). The minimum Gasteiger partial charge on any atom is -0.382 e. The molecule has 8 nitrogen and oxygen atoms in total. The van der Waals surface area contributed by atoms with Gasteiger partial charge in [0.2, 0.25) is 0 Å². The smallest absolute Gasteiger partial charge is 0.194 e. The predicted molar refractivity (Wildman–Crippen MR) is 116 cm³/mol. The Morgan fingerprint density at radius 1 is 1.14 bits per heavy atom. The average molecular weight is 406 g/mol. The molecule has 8 heteroatoms. The Kier molecular flexibility index (Phi) is 8.73. The molecule has 3 rings (SSSR count). The van der Waals surface area contributed by atoms with E-state index in [1.54, 1.807) is 0 Å². The second-order valence-electron chi connectivity index (χ2n) is 8.15. The summed E-state index contributed by atoms with van der Waals surface area (Å²) in [6.45, 7) is 11.3. The topological polar surface area (TPSA) is 70.8 Å². The zero-order chi connectivity index (χ0) is 20.5. The third-order valence-corrected chi connectivity index (χ3v) is 6.21. The number of nitrogens with zero attached hydrogens (tertiary/aromatic N) is 6. The Bertz CT molecular complexity index is 631. The number of ether oxygens (including phenoxy) is 1. The summed E-state index contributed by atoms with van der Waals surface area (Å²) in [6.07, 6.45) is 7.95. The molecule has 0 spiro atoms. The number of nitrogens with one attached hydrogen (secondary N) is 1. The molecule has 2 heterocycles. The monoisotopic (exact) mass is 405 g/mol. The van der Waals surface area contributed by atoms with Crippen LogP contribution in [0, 0.1) is 6.92 Å². The highest BCUT2D eigenvalue weighted by Gasteiger charge is 2.26. The van der Waals surface area contributed by atoms with Gasteiger partial charge in [-0.2, -0.15) is 0 Å². The molecular weight excluding hydrogens is 366 g/mol. The number of aromatic nitrogens is 3. The molecule has 1 aliphatic carbocycles. The number of rotatable bonds is 8. The quantitative estimate of drug-likeness (QED) is 0.405. The van der Waals surface area contributed by atoms with Crippen LogP contribution < -0.4 is 5.32 Å². The van der Waals surface area contributed by atoms with Crippen LogP contribution in [-0.4, -0.2) is 82.5 Å². The first-order valence-corrected chi connectivity index (χ1v) is 11.4. The van der Waals surface area contributed by atoms with Crippen LogP contribution in [0.3, 0.4) is 0 Å². The van der Waals surface area contributed by atoms with E-state index < -0.39 is 0 Å². The summed E-state index contributed by atoms with van der Waals surface area (Å²) in [4.78, 5) is 10.0. The van der Waals surface area contributed by atoms with Gasteiger partial charge >= 0.3 is 0 Å². The first kappa shape index (κ1) is 22.0. The Balaban J connectivity index is 1.56. The maximum atomic E-state index is 5.47. The Hall–Kier alpha value is -1.67. The second-order valence-corrected chi connectivity index (χ2v) is 8.15. The van der Waals surface area contributed by atoms with Crippen LogP contribution in [0.25, 0.3) is 0 Å². The van der Waals surface area contributed by atoms with Crippen molar-refractivity contribution in [1.82, 2.24) is 29.9 Å². The van der Waals surface area contributed by atoms with Crippen LogP contribution in [0.2, 0.25) is 0 Å². The third-order valence-electron chi connectivity index (χ3n) is 6.21. The molecule has 0 atom stereocenters. The molecule has 0 radical (unpaired) electrons. The fourth-order valence-electron chi connectivity index (χ4n) is 4.27. The molecule has 1 saturated carbocycles. The minimum atomic E-state index is 0.550. The fraction of sp³-hybridized carbons (Fsp3) is 0.857. The van der Waals surface area contributed by atoms with Crippen molar-refractivity contribution in [3.8, 4) is 0 Å². The van der Waals surface area contributed by atoms with Gasteiger partial charge in [-0.05, 0) is 33.1 Å². The molecular formula is C21H39N7O. The van der Waals surface area contributed by atoms with Crippen molar-refractivity contribution in [2.45, 2.75) is 65.0 Å². The third kappa shape index (κ3) is 6.40. The predicted octanol–water partition coefficient (Wildman–Crippen LogP) is 1.95. The molecule has 1 aliphatic heterocycles. The van der Waals surface area contributed by atoms with Gasteiger partial charge in [-0.15, -0.1) is 10.2 Å². The highest BCUT2D eigenvalue weighted by Crippen LogP contribution is 2.23. The summed E-state index contributed by atoms with van der Waals surface area (Å²) in [7, 11) is 2.00. The summed E-state index contributed by atoms with van der Waals surface area (Å²) in [5.41, 5.74) is 0. The van der Waals surface area contributed by atoms with Crippen LogP contribution in [0.5, 0.6) is 0 Å².